The Hall–Kier alpha value is -2.17. The van der Waals surface area contributed by atoms with Crippen molar-refractivity contribution in [2.75, 3.05) is 4.90 Å². The van der Waals surface area contributed by atoms with Gasteiger partial charge in [0.05, 0.1) is 11.7 Å². The molecule has 3 rings (SSSR count). The van der Waals surface area contributed by atoms with E-state index in [4.69, 9.17) is 5.73 Å². The van der Waals surface area contributed by atoms with Crippen LogP contribution in [-0.4, -0.2) is 17.5 Å². The predicted octanol–water partition coefficient (Wildman–Crippen LogP) is 3.12. The van der Waals surface area contributed by atoms with Crippen molar-refractivity contribution in [2.45, 2.75) is 45.3 Å². The van der Waals surface area contributed by atoms with Crippen LogP contribution in [0.25, 0.3) is 0 Å². The number of amides is 1. The quantitative estimate of drug-likeness (QED) is 0.912. The fraction of sp³-hybridized carbons (Fsp3) is 0.350. The summed E-state index contributed by atoms with van der Waals surface area (Å²) in [5, 5.41) is 3.47. The number of benzene rings is 2. The highest BCUT2D eigenvalue weighted by molar-refractivity contribution is 6.06. The molecule has 4 nitrogen and oxygen atoms in total. The van der Waals surface area contributed by atoms with Crippen LogP contribution in [0.4, 0.5) is 11.4 Å². The lowest BCUT2D eigenvalue weighted by atomic mass is 9.97. The Balaban J connectivity index is 1.87. The minimum Gasteiger partial charge on any atom is -0.320 e. The zero-order chi connectivity index (χ0) is 17.3. The van der Waals surface area contributed by atoms with Gasteiger partial charge in [0, 0.05) is 17.8 Å². The number of nitrogens with two attached hydrogens (primary N) is 1. The zero-order valence-electron chi connectivity index (χ0n) is 14.5. The zero-order valence-corrected chi connectivity index (χ0v) is 14.5. The molecular weight excluding hydrogens is 298 g/mol. The first kappa shape index (κ1) is 16.7. The minimum absolute atomic E-state index is 0.0470. The Labute approximate surface area is 143 Å². The standard InChI is InChI=1S/C20H25N3O/c1-20(2,3)22-13-14-8-10-16(11-9-14)23-18-7-5-4-6-15(18)12-17(21)19(23)24/h4-11,17,22H,12-13,21H2,1-3H3. The van der Waals surface area contributed by atoms with E-state index in [0.717, 1.165) is 23.5 Å². The third-order valence-corrected chi connectivity index (χ3v) is 4.23. The van der Waals surface area contributed by atoms with Crippen LogP contribution in [0.15, 0.2) is 48.5 Å². The van der Waals surface area contributed by atoms with E-state index in [9.17, 15) is 4.79 Å². The molecule has 0 fully saturated rings. The molecule has 1 aliphatic rings. The summed E-state index contributed by atoms with van der Waals surface area (Å²) in [4.78, 5) is 14.4. The first-order chi connectivity index (χ1) is 11.3. The normalized spacial score (nSPS) is 17.8. The second kappa shape index (κ2) is 6.38. The SMILES string of the molecule is CC(C)(C)NCc1ccc(N2C(=O)C(N)Cc3ccccc32)cc1. The van der Waals surface area contributed by atoms with E-state index in [0.29, 0.717) is 6.42 Å². The molecule has 1 atom stereocenters. The third-order valence-electron chi connectivity index (χ3n) is 4.23. The fourth-order valence-corrected chi connectivity index (χ4v) is 2.91. The first-order valence-electron chi connectivity index (χ1n) is 8.36. The van der Waals surface area contributed by atoms with Crippen LogP contribution in [0, 0.1) is 0 Å². The van der Waals surface area contributed by atoms with Gasteiger partial charge in [-0.25, -0.2) is 0 Å². The number of para-hydroxylation sites is 1. The third kappa shape index (κ3) is 3.50. The molecule has 0 saturated heterocycles. The summed E-state index contributed by atoms with van der Waals surface area (Å²) in [5.74, 6) is -0.0470. The Bertz CT molecular complexity index is 731. The first-order valence-corrected chi connectivity index (χ1v) is 8.36. The van der Waals surface area contributed by atoms with Gasteiger partial charge >= 0.3 is 0 Å². The van der Waals surface area contributed by atoms with Gasteiger partial charge in [-0.05, 0) is 56.5 Å². The smallest absolute Gasteiger partial charge is 0.248 e. The Morgan fingerprint density at radius 3 is 2.46 bits per heavy atom. The topological polar surface area (TPSA) is 58.4 Å². The van der Waals surface area contributed by atoms with Crippen LogP contribution in [0.1, 0.15) is 31.9 Å². The van der Waals surface area contributed by atoms with E-state index in [1.54, 1.807) is 4.90 Å². The molecule has 4 heteroatoms. The summed E-state index contributed by atoms with van der Waals surface area (Å²) < 4.78 is 0. The molecule has 2 aromatic carbocycles. The van der Waals surface area contributed by atoms with E-state index in [1.807, 2.05) is 36.4 Å². The largest absolute Gasteiger partial charge is 0.320 e. The predicted molar refractivity (Wildman–Crippen MR) is 98.3 cm³/mol. The van der Waals surface area contributed by atoms with Gasteiger partial charge in [0.15, 0.2) is 0 Å². The molecule has 3 N–H and O–H groups in total. The lowest BCUT2D eigenvalue weighted by Gasteiger charge is -2.32. The summed E-state index contributed by atoms with van der Waals surface area (Å²) in [6, 6.07) is 15.6. The van der Waals surface area contributed by atoms with Crippen LogP contribution in [0.5, 0.6) is 0 Å². The molecule has 0 aromatic heterocycles. The summed E-state index contributed by atoms with van der Waals surface area (Å²) in [7, 11) is 0. The summed E-state index contributed by atoms with van der Waals surface area (Å²) in [6.07, 6.45) is 0.596. The molecule has 0 aliphatic carbocycles. The molecule has 0 radical (unpaired) electrons. The van der Waals surface area contributed by atoms with E-state index in [1.165, 1.54) is 5.56 Å². The van der Waals surface area contributed by atoms with Crippen molar-refractivity contribution in [1.29, 1.82) is 0 Å². The molecule has 1 amide bonds. The Kier molecular flexibility index (Phi) is 4.43. The van der Waals surface area contributed by atoms with Crippen LogP contribution in [0.3, 0.4) is 0 Å². The molecule has 2 aromatic rings. The number of carbonyl (C=O) groups is 1. The van der Waals surface area contributed by atoms with E-state index in [-0.39, 0.29) is 11.4 Å². The van der Waals surface area contributed by atoms with Crippen molar-refractivity contribution in [3.63, 3.8) is 0 Å². The van der Waals surface area contributed by atoms with Crippen molar-refractivity contribution in [3.05, 3.63) is 59.7 Å². The highest BCUT2D eigenvalue weighted by Crippen LogP contribution is 2.33. The number of fused-ring (bicyclic) bond motifs is 1. The van der Waals surface area contributed by atoms with Crippen molar-refractivity contribution < 1.29 is 4.79 Å². The second-order valence-corrected chi connectivity index (χ2v) is 7.38. The average molecular weight is 323 g/mol. The second-order valence-electron chi connectivity index (χ2n) is 7.38. The molecule has 0 bridgehead atoms. The molecule has 24 heavy (non-hydrogen) atoms. The van der Waals surface area contributed by atoms with Gasteiger partial charge in [0.25, 0.3) is 0 Å². The van der Waals surface area contributed by atoms with Gasteiger partial charge in [-0.15, -0.1) is 0 Å². The maximum absolute atomic E-state index is 12.6. The molecule has 1 aliphatic heterocycles. The molecule has 0 saturated carbocycles. The lowest BCUT2D eigenvalue weighted by Crippen LogP contribution is -2.46. The maximum Gasteiger partial charge on any atom is 0.248 e. The molecular formula is C20H25N3O. The van der Waals surface area contributed by atoms with Gasteiger partial charge < -0.3 is 11.1 Å². The number of rotatable bonds is 3. The number of carbonyl (C=O) groups excluding carboxylic acids is 1. The van der Waals surface area contributed by atoms with Gasteiger partial charge in [0.2, 0.25) is 5.91 Å². The highest BCUT2D eigenvalue weighted by Gasteiger charge is 2.31. The van der Waals surface area contributed by atoms with E-state index >= 15 is 0 Å². The molecule has 0 spiro atoms. The number of hydrogen-bond donors (Lipinski definition) is 2. The van der Waals surface area contributed by atoms with Crippen molar-refractivity contribution in [1.82, 2.24) is 5.32 Å². The summed E-state index contributed by atoms with van der Waals surface area (Å²) in [6.45, 7) is 7.23. The van der Waals surface area contributed by atoms with Crippen LogP contribution < -0.4 is 16.0 Å². The summed E-state index contributed by atoms with van der Waals surface area (Å²) in [5.41, 5.74) is 10.2. The average Bonchev–Trinajstić information content (AvgIpc) is 2.54. The van der Waals surface area contributed by atoms with Crippen molar-refractivity contribution >= 4 is 17.3 Å². The molecule has 126 valence electrons. The molecule has 1 unspecified atom stereocenters. The van der Waals surface area contributed by atoms with Crippen LogP contribution in [-0.2, 0) is 17.8 Å². The van der Waals surface area contributed by atoms with Gasteiger partial charge in [0.1, 0.15) is 0 Å². The van der Waals surface area contributed by atoms with Crippen molar-refractivity contribution in [2.24, 2.45) is 5.73 Å². The van der Waals surface area contributed by atoms with Crippen LogP contribution in [0.2, 0.25) is 0 Å². The van der Waals surface area contributed by atoms with Crippen molar-refractivity contribution in [3.8, 4) is 0 Å². The lowest BCUT2D eigenvalue weighted by molar-refractivity contribution is -0.119. The number of hydrogen-bond acceptors (Lipinski definition) is 3. The Morgan fingerprint density at radius 2 is 1.79 bits per heavy atom. The highest BCUT2D eigenvalue weighted by atomic mass is 16.2. The fourth-order valence-electron chi connectivity index (χ4n) is 2.91. The van der Waals surface area contributed by atoms with E-state index < -0.39 is 6.04 Å². The number of anilines is 2. The van der Waals surface area contributed by atoms with Gasteiger partial charge in [-0.2, -0.15) is 0 Å². The number of nitrogens with zero attached hydrogens (tertiary/aromatic N) is 1. The van der Waals surface area contributed by atoms with E-state index in [2.05, 4.69) is 38.2 Å². The van der Waals surface area contributed by atoms with Gasteiger partial charge in [-0.3, -0.25) is 9.69 Å². The molecule has 1 heterocycles. The van der Waals surface area contributed by atoms with Crippen LogP contribution >= 0.6 is 0 Å². The minimum atomic E-state index is -0.484. The maximum atomic E-state index is 12.6. The monoisotopic (exact) mass is 323 g/mol. The summed E-state index contributed by atoms with van der Waals surface area (Å²) >= 11 is 0. The number of nitrogens with one attached hydrogen (secondary N) is 1. The van der Waals surface area contributed by atoms with Gasteiger partial charge in [-0.1, -0.05) is 30.3 Å². The Morgan fingerprint density at radius 1 is 1.12 bits per heavy atom.